The molecule has 0 aliphatic heterocycles. The molecule has 1 aromatic heterocycles. The zero-order valence-electron chi connectivity index (χ0n) is 15.4. The number of rotatable bonds is 6. The number of nitrogens with one attached hydrogen (secondary N) is 2. The van der Waals surface area contributed by atoms with Crippen molar-refractivity contribution in [1.29, 1.82) is 0 Å². The minimum atomic E-state index is -0.724. The van der Waals surface area contributed by atoms with Crippen LogP contribution in [0, 0.1) is 0 Å². The molecular weight excluding hydrogens is 316 g/mol. The summed E-state index contributed by atoms with van der Waals surface area (Å²) in [5, 5.41) is 19.8. The summed E-state index contributed by atoms with van der Waals surface area (Å²) in [5.41, 5.74) is 3.16. The monoisotopic (exact) mass is 344 g/mol. The molecule has 0 fully saturated rings. The molecule has 6 nitrogen and oxygen atoms in total. The maximum absolute atomic E-state index is 11.8. The lowest BCUT2D eigenvalue weighted by molar-refractivity contribution is 0.173. The molecule has 0 aliphatic rings. The van der Waals surface area contributed by atoms with Crippen molar-refractivity contribution < 1.29 is 9.90 Å². The Kier molecular flexibility index (Phi) is 6.20. The molecule has 1 unspecified atom stereocenters. The molecule has 136 valence electrons. The molecule has 0 saturated heterocycles. The average Bonchev–Trinajstić information content (AvgIpc) is 2.97. The third kappa shape index (κ3) is 5.90. The van der Waals surface area contributed by atoms with Crippen molar-refractivity contribution in [3.8, 4) is 0 Å². The second-order valence-electron chi connectivity index (χ2n) is 7.30. The van der Waals surface area contributed by atoms with E-state index in [1.54, 1.807) is 10.9 Å². The van der Waals surface area contributed by atoms with Gasteiger partial charge in [-0.05, 0) is 28.5 Å². The highest BCUT2D eigenvalue weighted by atomic mass is 16.3. The van der Waals surface area contributed by atoms with Crippen LogP contribution in [0.1, 0.15) is 43.6 Å². The Labute approximate surface area is 149 Å². The van der Waals surface area contributed by atoms with Gasteiger partial charge in [0.2, 0.25) is 0 Å². The van der Waals surface area contributed by atoms with Gasteiger partial charge in [-0.3, -0.25) is 4.68 Å². The first-order chi connectivity index (χ1) is 11.8. The second-order valence-corrected chi connectivity index (χ2v) is 7.30. The number of hydrogen-bond acceptors (Lipinski definition) is 3. The highest BCUT2D eigenvalue weighted by Gasteiger charge is 2.15. The van der Waals surface area contributed by atoms with E-state index in [1.807, 2.05) is 37.5 Å². The summed E-state index contributed by atoms with van der Waals surface area (Å²) < 4.78 is 1.73. The number of carbonyl (C=O) groups excluding carboxylic acids is 1. The molecule has 25 heavy (non-hydrogen) atoms. The average molecular weight is 344 g/mol. The van der Waals surface area contributed by atoms with Crippen LogP contribution >= 0.6 is 0 Å². The Morgan fingerprint density at radius 2 is 1.92 bits per heavy atom. The molecule has 0 radical (unpaired) electrons. The van der Waals surface area contributed by atoms with Gasteiger partial charge in [-0.15, -0.1) is 0 Å². The fourth-order valence-electron chi connectivity index (χ4n) is 2.50. The van der Waals surface area contributed by atoms with Crippen molar-refractivity contribution in [2.24, 2.45) is 7.05 Å². The molecule has 0 spiro atoms. The molecule has 3 N–H and O–H groups in total. The van der Waals surface area contributed by atoms with Crippen LogP contribution in [-0.2, 0) is 18.9 Å². The van der Waals surface area contributed by atoms with E-state index in [4.69, 9.17) is 0 Å². The number of hydrogen-bond donors (Lipinski definition) is 3. The van der Waals surface area contributed by atoms with Crippen molar-refractivity contribution in [2.45, 2.75) is 38.7 Å². The number of aliphatic hydroxyl groups excluding tert-OH is 1. The van der Waals surface area contributed by atoms with E-state index in [2.05, 4.69) is 36.5 Å². The van der Waals surface area contributed by atoms with Gasteiger partial charge >= 0.3 is 6.03 Å². The van der Waals surface area contributed by atoms with Gasteiger partial charge in [-0.25, -0.2) is 4.79 Å². The van der Waals surface area contributed by atoms with Crippen LogP contribution in [0.2, 0.25) is 0 Å². The summed E-state index contributed by atoms with van der Waals surface area (Å²) in [6.45, 7) is 7.14. The minimum Gasteiger partial charge on any atom is -0.387 e. The Balaban J connectivity index is 1.73. The fraction of sp³-hybridized carbons (Fsp3) is 0.474. The van der Waals surface area contributed by atoms with Crippen LogP contribution in [0.3, 0.4) is 0 Å². The first kappa shape index (κ1) is 19.0. The van der Waals surface area contributed by atoms with Crippen LogP contribution < -0.4 is 10.6 Å². The van der Waals surface area contributed by atoms with E-state index in [0.717, 1.165) is 17.5 Å². The zero-order chi connectivity index (χ0) is 18.4. The van der Waals surface area contributed by atoms with Gasteiger partial charge in [0.25, 0.3) is 0 Å². The van der Waals surface area contributed by atoms with Gasteiger partial charge in [-0.2, -0.15) is 5.10 Å². The van der Waals surface area contributed by atoms with Gasteiger partial charge < -0.3 is 15.7 Å². The summed E-state index contributed by atoms with van der Waals surface area (Å²) in [7, 11) is 1.86. The summed E-state index contributed by atoms with van der Waals surface area (Å²) in [6, 6.07) is 7.58. The number of benzene rings is 1. The van der Waals surface area contributed by atoms with Gasteiger partial charge in [0.1, 0.15) is 0 Å². The van der Waals surface area contributed by atoms with E-state index in [1.165, 1.54) is 5.56 Å². The Bertz CT molecular complexity index is 686. The van der Waals surface area contributed by atoms with Gasteiger partial charge in [0.05, 0.1) is 12.3 Å². The third-order valence-electron chi connectivity index (χ3n) is 4.08. The van der Waals surface area contributed by atoms with E-state index >= 15 is 0 Å². The predicted molar refractivity (Wildman–Crippen MR) is 98.4 cm³/mol. The molecule has 0 bridgehead atoms. The first-order valence-electron chi connectivity index (χ1n) is 8.53. The number of urea groups is 1. The van der Waals surface area contributed by atoms with Crippen molar-refractivity contribution in [2.75, 3.05) is 13.1 Å². The number of aliphatic hydroxyl groups is 1. The highest BCUT2D eigenvalue weighted by molar-refractivity contribution is 5.73. The summed E-state index contributed by atoms with van der Waals surface area (Å²) in [4.78, 5) is 11.8. The first-order valence-corrected chi connectivity index (χ1v) is 8.53. The van der Waals surface area contributed by atoms with Gasteiger partial charge in [0.15, 0.2) is 0 Å². The predicted octanol–water partition coefficient (Wildman–Crippen LogP) is 2.29. The number of carbonyl (C=O) groups is 1. The van der Waals surface area contributed by atoms with Crippen LogP contribution in [0.4, 0.5) is 4.79 Å². The molecule has 1 atom stereocenters. The van der Waals surface area contributed by atoms with Gasteiger partial charge in [0, 0.05) is 26.3 Å². The van der Waals surface area contributed by atoms with Crippen molar-refractivity contribution in [3.63, 3.8) is 0 Å². The van der Waals surface area contributed by atoms with Crippen LogP contribution in [0.25, 0.3) is 0 Å². The smallest absolute Gasteiger partial charge is 0.314 e. The van der Waals surface area contributed by atoms with Crippen LogP contribution in [-0.4, -0.2) is 34.0 Å². The molecule has 0 saturated carbocycles. The Morgan fingerprint density at radius 3 is 2.48 bits per heavy atom. The molecule has 1 aromatic carbocycles. The van der Waals surface area contributed by atoms with E-state index in [9.17, 15) is 9.90 Å². The third-order valence-corrected chi connectivity index (χ3v) is 4.08. The van der Waals surface area contributed by atoms with E-state index in [-0.39, 0.29) is 18.0 Å². The molecule has 2 aromatic rings. The van der Waals surface area contributed by atoms with Crippen LogP contribution in [0.15, 0.2) is 36.7 Å². The lowest BCUT2D eigenvalue weighted by Crippen LogP contribution is -2.38. The number of nitrogens with zero attached hydrogens (tertiary/aromatic N) is 2. The molecular formula is C19H28N4O2. The Morgan fingerprint density at radius 1 is 1.24 bits per heavy atom. The maximum atomic E-state index is 11.8. The Hall–Kier alpha value is -2.34. The minimum absolute atomic E-state index is 0.0793. The van der Waals surface area contributed by atoms with Crippen molar-refractivity contribution in [1.82, 2.24) is 20.4 Å². The number of aryl methyl sites for hydroxylation is 1. The standard InChI is InChI=1S/C19H28N4O2/c1-19(2,3)16-7-5-15(6-8-16)17(24)12-21-18(25)20-10-9-14-11-22-23(4)13-14/h5-8,11,13,17,24H,9-10,12H2,1-4H3,(H2,20,21,25). The second kappa shape index (κ2) is 8.16. The maximum Gasteiger partial charge on any atom is 0.314 e. The number of amides is 2. The van der Waals surface area contributed by atoms with Crippen LogP contribution in [0.5, 0.6) is 0 Å². The summed E-state index contributed by atoms with van der Waals surface area (Å²) in [6.07, 6.45) is 3.70. The molecule has 0 aliphatic carbocycles. The fourth-order valence-corrected chi connectivity index (χ4v) is 2.50. The highest BCUT2D eigenvalue weighted by Crippen LogP contribution is 2.23. The quantitative estimate of drug-likeness (QED) is 0.752. The van der Waals surface area contributed by atoms with E-state index in [0.29, 0.717) is 6.54 Å². The molecule has 2 amide bonds. The molecule has 1 heterocycles. The molecule has 2 rings (SSSR count). The zero-order valence-corrected chi connectivity index (χ0v) is 15.4. The lowest BCUT2D eigenvalue weighted by Gasteiger charge is -2.20. The van der Waals surface area contributed by atoms with Gasteiger partial charge in [-0.1, -0.05) is 45.0 Å². The lowest BCUT2D eigenvalue weighted by atomic mass is 9.86. The number of aromatic nitrogens is 2. The SMILES string of the molecule is Cn1cc(CCNC(=O)NCC(O)c2ccc(C(C)(C)C)cc2)cn1. The van der Waals surface area contributed by atoms with E-state index < -0.39 is 6.10 Å². The van der Waals surface area contributed by atoms with Crippen molar-refractivity contribution in [3.05, 3.63) is 53.3 Å². The molecule has 6 heteroatoms. The van der Waals surface area contributed by atoms with Crippen molar-refractivity contribution >= 4 is 6.03 Å². The normalized spacial score (nSPS) is 12.7. The summed E-state index contributed by atoms with van der Waals surface area (Å²) in [5.74, 6) is 0. The topological polar surface area (TPSA) is 79.2 Å². The largest absolute Gasteiger partial charge is 0.387 e. The summed E-state index contributed by atoms with van der Waals surface area (Å²) >= 11 is 0.